The molecule has 1 aromatic carbocycles. The lowest BCUT2D eigenvalue weighted by molar-refractivity contribution is -0.117. The molecule has 3 heterocycles. The molecular formula is C25H29F2N5O4S. The molecular weight excluding hydrogens is 504 g/mol. The second-order valence-corrected chi connectivity index (χ2v) is 12.6. The van der Waals surface area contributed by atoms with Gasteiger partial charge in [0, 0.05) is 18.2 Å². The van der Waals surface area contributed by atoms with Crippen LogP contribution >= 0.6 is 0 Å². The minimum absolute atomic E-state index is 0.0385. The first-order chi connectivity index (χ1) is 17.4. The van der Waals surface area contributed by atoms with Crippen molar-refractivity contribution in [3.05, 3.63) is 35.7 Å². The van der Waals surface area contributed by atoms with Gasteiger partial charge in [-0.15, -0.1) is 0 Å². The summed E-state index contributed by atoms with van der Waals surface area (Å²) in [5.74, 6) is -0.730. The molecule has 0 radical (unpaired) electrons. The normalized spacial score (nSPS) is 19.8. The molecule has 1 amide bonds. The maximum absolute atomic E-state index is 13.4. The Morgan fingerprint density at radius 1 is 1.16 bits per heavy atom. The summed E-state index contributed by atoms with van der Waals surface area (Å²) in [7, 11) is -3.68. The van der Waals surface area contributed by atoms with Crippen LogP contribution in [0.1, 0.15) is 63.4 Å². The largest absolute Gasteiger partial charge is 0.373 e. The van der Waals surface area contributed by atoms with Gasteiger partial charge >= 0.3 is 0 Å². The van der Waals surface area contributed by atoms with Gasteiger partial charge in [0.25, 0.3) is 6.43 Å². The summed E-state index contributed by atoms with van der Waals surface area (Å²) in [5, 5.41) is 5.74. The van der Waals surface area contributed by atoms with Crippen molar-refractivity contribution in [3.63, 3.8) is 0 Å². The first-order valence-corrected chi connectivity index (χ1v) is 14.0. The second kappa shape index (κ2) is 9.32. The number of hydrogen-bond donors (Lipinski definition) is 3. The van der Waals surface area contributed by atoms with Crippen molar-refractivity contribution >= 4 is 44.1 Å². The zero-order valence-electron chi connectivity index (χ0n) is 20.8. The molecule has 2 aliphatic rings. The highest BCUT2D eigenvalue weighted by Crippen LogP contribution is 2.39. The van der Waals surface area contributed by atoms with E-state index < -0.39 is 22.1 Å². The number of aromatic amines is 1. The molecule has 12 heteroatoms. The maximum atomic E-state index is 13.4. The Kier molecular flexibility index (Phi) is 6.43. The maximum Gasteiger partial charge on any atom is 0.295 e. The number of aromatic nitrogens is 3. The van der Waals surface area contributed by atoms with Gasteiger partial charge in [-0.1, -0.05) is 19.9 Å². The van der Waals surface area contributed by atoms with E-state index in [9.17, 15) is 22.0 Å². The number of hydrogen-bond acceptors (Lipinski definition) is 7. The monoisotopic (exact) mass is 533 g/mol. The Morgan fingerprint density at radius 2 is 1.92 bits per heavy atom. The first kappa shape index (κ1) is 25.5. The molecule has 1 aliphatic carbocycles. The lowest BCUT2D eigenvalue weighted by Gasteiger charge is -2.34. The smallest absolute Gasteiger partial charge is 0.295 e. The van der Waals surface area contributed by atoms with E-state index in [-0.39, 0.29) is 56.6 Å². The molecule has 9 nitrogen and oxygen atoms in total. The van der Waals surface area contributed by atoms with E-state index in [1.165, 1.54) is 6.07 Å². The average Bonchev–Trinajstić information content (AvgIpc) is 3.58. The lowest BCUT2D eigenvalue weighted by Crippen LogP contribution is -2.27. The summed E-state index contributed by atoms with van der Waals surface area (Å²) < 4.78 is 58.3. The van der Waals surface area contributed by atoms with Gasteiger partial charge in [0.1, 0.15) is 11.3 Å². The van der Waals surface area contributed by atoms with Crippen molar-refractivity contribution in [2.75, 3.05) is 23.5 Å². The number of benzene rings is 1. The molecule has 2 fully saturated rings. The SMILES string of the molecule is CC1(C)CC[C@H](c2ccc(Nc3cc(NC(=O)C4CC4)nc4[nH]c(C(F)F)nc34)c(S(C)(=O)=O)c2)OC1. The Morgan fingerprint density at radius 3 is 2.54 bits per heavy atom. The molecule has 1 saturated carbocycles. The highest BCUT2D eigenvalue weighted by molar-refractivity contribution is 7.90. The van der Waals surface area contributed by atoms with E-state index in [1.54, 1.807) is 18.2 Å². The number of ether oxygens (including phenoxy) is 1. The predicted octanol–water partition coefficient (Wildman–Crippen LogP) is 5.27. The fourth-order valence-electron chi connectivity index (χ4n) is 4.41. The first-order valence-electron chi connectivity index (χ1n) is 12.1. The summed E-state index contributed by atoms with van der Waals surface area (Å²) in [6.07, 6.45) is 1.30. The van der Waals surface area contributed by atoms with Crippen LogP contribution in [-0.2, 0) is 19.4 Å². The van der Waals surface area contributed by atoms with Gasteiger partial charge in [0.15, 0.2) is 21.3 Å². The van der Waals surface area contributed by atoms with Gasteiger partial charge in [-0.3, -0.25) is 4.79 Å². The highest BCUT2D eigenvalue weighted by Gasteiger charge is 2.31. The van der Waals surface area contributed by atoms with Gasteiger partial charge in [0.05, 0.1) is 29.0 Å². The van der Waals surface area contributed by atoms with E-state index in [0.29, 0.717) is 6.61 Å². The van der Waals surface area contributed by atoms with Crippen molar-refractivity contribution < 1.29 is 26.7 Å². The summed E-state index contributed by atoms with van der Waals surface area (Å²) in [5.41, 5.74) is 1.43. The number of nitrogens with zero attached hydrogens (tertiary/aromatic N) is 2. The second-order valence-electron chi connectivity index (χ2n) is 10.6. The Hall–Kier alpha value is -3.12. The Labute approximate surface area is 213 Å². The van der Waals surface area contributed by atoms with Crippen molar-refractivity contribution in [3.8, 4) is 0 Å². The molecule has 198 valence electrons. The van der Waals surface area contributed by atoms with Crippen molar-refractivity contribution in [2.24, 2.45) is 11.3 Å². The number of pyridine rings is 1. The van der Waals surface area contributed by atoms with E-state index in [2.05, 4.69) is 39.4 Å². The number of alkyl halides is 2. The van der Waals surface area contributed by atoms with Gasteiger partial charge < -0.3 is 20.4 Å². The average molecular weight is 534 g/mol. The van der Waals surface area contributed by atoms with Crippen LogP contribution in [0.5, 0.6) is 0 Å². The number of carbonyl (C=O) groups excluding carboxylic acids is 1. The molecule has 1 saturated heterocycles. The number of imidazole rings is 1. The lowest BCUT2D eigenvalue weighted by atomic mass is 9.84. The fourth-order valence-corrected chi connectivity index (χ4v) is 5.27. The van der Waals surface area contributed by atoms with E-state index in [4.69, 9.17) is 4.74 Å². The van der Waals surface area contributed by atoms with Crippen LogP contribution in [0.3, 0.4) is 0 Å². The Balaban J connectivity index is 1.52. The number of H-pyrrole nitrogens is 1. The van der Waals surface area contributed by atoms with Crippen LogP contribution in [0.15, 0.2) is 29.2 Å². The zero-order chi connectivity index (χ0) is 26.5. The number of nitrogens with one attached hydrogen (secondary N) is 3. The standard InChI is InChI=1S/C25H29F2N5O4S/c1-25(2)9-8-17(36-12-25)14-6-7-15(18(10-14)37(3,34)35)28-16-11-19(30-24(33)13-4-5-13)29-22-20(16)31-23(32-22)21(26)27/h6-7,10-11,13,17,21H,4-5,8-9,12H2,1-3H3,(H3,28,29,30,31,32,33)/t17-/m1/s1. The highest BCUT2D eigenvalue weighted by atomic mass is 32.2. The third kappa shape index (κ3) is 5.59. The quantitative estimate of drug-likeness (QED) is 0.378. The summed E-state index contributed by atoms with van der Waals surface area (Å²) in [4.78, 5) is 23.0. The van der Waals surface area contributed by atoms with E-state index in [0.717, 1.165) is 37.5 Å². The topological polar surface area (TPSA) is 126 Å². The van der Waals surface area contributed by atoms with Crippen LogP contribution in [0.4, 0.5) is 26.0 Å². The van der Waals surface area contributed by atoms with Gasteiger partial charge in [-0.25, -0.2) is 27.2 Å². The number of sulfone groups is 1. The summed E-state index contributed by atoms with van der Waals surface area (Å²) >= 11 is 0. The van der Waals surface area contributed by atoms with Crippen LogP contribution in [0, 0.1) is 11.3 Å². The molecule has 0 unspecified atom stereocenters. The summed E-state index contributed by atoms with van der Waals surface area (Å²) in [6, 6.07) is 6.47. The molecule has 3 N–H and O–H groups in total. The molecule has 0 spiro atoms. The van der Waals surface area contributed by atoms with Crippen LogP contribution < -0.4 is 10.6 Å². The number of carbonyl (C=O) groups is 1. The Bertz CT molecular complexity index is 1460. The van der Waals surface area contributed by atoms with Crippen molar-refractivity contribution in [1.82, 2.24) is 15.0 Å². The van der Waals surface area contributed by atoms with Crippen molar-refractivity contribution in [1.29, 1.82) is 0 Å². The van der Waals surface area contributed by atoms with Crippen molar-refractivity contribution in [2.45, 2.75) is 57.0 Å². The van der Waals surface area contributed by atoms with Crippen LogP contribution in [-0.4, -0.2) is 42.1 Å². The number of halogens is 2. The minimum atomic E-state index is -3.68. The van der Waals surface area contributed by atoms with Crippen LogP contribution in [0.25, 0.3) is 11.2 Å². The number of amides is 1. The molecule has 0 bridgehead atoms. The third-order valence-electron chi connectivity index (χ3n) is 6.68. The number of anilines is 3. The van der Waals surface area contributed by atoms with Gasteiger partial charge in [-0.05, 0) is 48.8 Å². The molecule has 1 aliphatic heterocycles. The van der Waals surface area contributed by atoms with Gasteiger partial charge in [0.2, 0.25) is 5.91 Å². The van der Waals surface area contributed by atoms with Crippen LogP contribution in [0.2, 0.25) is 0 Å². The third-order valence-corrected chi connectivity index (χ3v) is 7.82. The number of rotatable bonds is 7. The zero-order valence-corrected chi connectivity index (χ0v) is 21.6. The minimum Gasteiger partial charge on any atom is -0.373 e. The summed E-state index contributed by atoms with van der Waals surface area (Å²) in [6.45, 7) is 4.83. The van der Waals surface area contributed by atoms with E-state index >= 15 is 0 Å². The van der Waals surface area contributed by atoms with E-state index in [1.807, 2.05) is 0 Å². The fraction of sp³-hybridized carbons (Fsp3) is 0.480. The molecule has 5 rings (SSSR count). The molecule has 37 heavy (non-hydrogen) atoms. The molecule has 3 aromatic rings. The molecule has 1 atom stereocenters. The molecule has 2 aromatic heterocycles. The number of fused-ring (bicyclic) bond motifs is 1. The van der Waals surface area contributed by atoms with Gasteiger partial charge in [-0.2, -0.15) is 0 Å². The predicted molar refractivity (Wildman–Crippen MR) is 135 cm³/mol.